The number of sulfonamides is 1. The fraction of sp³-hybridized carbons (Fsp3) is 0.174. The number of hydrogen-bond donors (Lipinski definition) is 2. The van der Waals surface area contributed by atoms with Gasteiger partial charge in [-0.25, -0.2) is 13.1 Å². The second-order valence-corrected chi connectivity index (χ2v) is 9.00. The molecule has 30 heavy (non-hydrogen) atoms. The third-order valence-corrected chi connectivity index (χ3v) is 6.25. The van der Waals surface area contributed by atoms with Crippen LogP contribution in [-0.4, -0.2) is 26.6 Å². The van der Waals surface area contributed by atoms with Crippen LogP contribution < -0.4 is 10.0 Å². The SMILES string of the molecule is O=C(Cc1coc2ccc3ccccc3c12)NCCS(=O)(=O)NCc1ccccc1. The molecule has 1 heterocycles. The van der Waals surface area contributed by atoms with Crippen molar-refractivity contribution in [1.29, 1.82) is 0 Å². The quantitative estimate of drug-likeness (QED) is 0.456. The minimum Gasteiger partial charge on any atom is -0.464 e. The summed E-state index contributed by atoms with van der Waals surface area (Å²) in [6, 6.07) is 21.1. The Morgan fingerprint density at radius 2 is 1.70 bits per heavy atom. The summed E-state index contributed by atoms with van der Waals surface area (Å²) in [6.07, 6.45) is 1.72. The molecule has 3 aromatic carbocycles. The van der Waals surface area contributed by atoms with Gasteiger partial charge in [-0.2, -0.15) is 0 Å². The predicted molar refractivity (Wildman–Crippen MR) is 118 cm³/mol. The Kier molecular flexibility index (Phi) is 5.83. The summed E-state index contributed by atoms with van der Waals surface area (Å²) in [5.74, 6) is -0.426. The number of furan rings is 1. The highest BCUT2D eigenvalue weighted by Crippen LogP contribution is 2.30. The molecule has 1 aromatic heterocycles. The van der Waals surface area contributed by atoms with Gasteiger partial charge in [-0.15, -0.1) is 0 Å². The zero-order chi connectivity index (χ0) is 21.0. The first-order chi connectivity index (χ1) is 14.5. The van der Waals surface area contributed by atoms with E-state index in [-0.39, 0.29) is 31.2 Å². The average molecular weight is 423 g/mol. The largest absolute Gasteiger partial charge is 0.464 e. The minimum absolute atomic E-state index is 0.0412. The van der Waals surface area contributed by atoms with Crippen molar-refractivity contribution < 1.29 is 17.6 Å². The van der Waals surface area contributed by atoms with Crippen LogP contribution in [0.4, 0.5) is 0 Å². The highest BCUT2D eigenvalue weighted by atomic mass is 32.2. The van der Waals surface area contributed by atoms with E-state index in [2.05, 4.69) is 10.0 Å². The number of hydrogen-bond acceptors (Lipinski definition) is 4. The molecular weight excluding hydrogens is 400 g/mol. The normalized spacial score (nSPS) is 11.7. The summed E-state index contributed by atoms with van der Waals surface area (Å²) in [7, 11) is -3.48. The van der Waals surface area contributed by atoms with E-state index in [1.165, 1.54) is 0 Å². The van der Waals surface area contributed by atoms with Crippen LogP contribution in [0, 0.1) is 0 Å². The number of carbonyl (C=O) groups excluding carboxylic acids is 1. The lowest BCUT2D eigenvalue weighted by atomic mass is 10.0. The Morgan fingerprint density at radius 3 is 2.53 bits per heavy atom. The Labute approximate surface area is 174 Å². The molecule has 0 spiro atoms. The lowest BCUT2D eigenvalue weighted by molar-refractivity contribution is -0.120. The molecular formula is C23H22N2O4S. The maximum absolute atomic E-state index is 12.4. The lowest BCUT2D eigenvalue weighted by Gasteiger charge is -2.08. The molecule has 0 aliphatic rings. The molecule has 0 saturated heterocycles. The van der Waals surface area contributed by atoms with E-state index in [0.29, 0.717) is 0 Å². The van der Waals surface area contributed by atoms with Crippen molar-refractivity contribution >= 4 is 37.7 Å². The maximum Gasteiger partial charge on any atom is 0.224 e. The monoisotopic (exact) mass is 422 g/mol. The van der Waals surface area contributed by atoms with Crippen LogP contribution in [0.2, 0.25) is 0 Å². The number of benzene rings is 3. The van der Waals surface area contributed by atoms with Crippen molar-refractivity contribution in [2.45, 2.75) is 13.0 Å². The molecule has 0 aliphatic carbocycles. The maximum atomic E-state index is 12.4. The van der Waals surface area contributed by atoms with Gasteiger partial charge < -0.3 is 9.73 Å². The number of amides is 1. The van der Waals surface area contributed by atoms with Crippen LogP contribution in [0.25, 0.3) is 21.7 Å². The Hall–Kier alpha value is -3.16. The van der Waals surface area contributed by atoms with Crippen LogP contribution in [0.1, 0.15) is 11.1 Å². The van der Waals surface area contributed by atoms with Gasteiger partial charge in [0.05, 0.1) is 18.4 Å². The zero-order valence-corrected chi connectivity index (χ0v) is 17.1. The van der Waals surface area contributed by atoms with Crippen LogP contribution >= 0.6 is 0 Å². The van der Waals surface area contributed by atoms with E-state index < -0.39 is 10.0 Å². The molecule has 4 aromatic rings. The van der Waals surface area contributed by atoms with E-state index in [1.54, 1.807) is 6.26 Å². The number of fused-ring (bicyclic) bond motifs is 3. The molecule has 154 valence electrons. The van der Waals surface area contributed by atoms with Gasteiger partial charge in [-0.3, -0.25) is 4.79 Å². The highest BCUT2D eigenvalue weighted by Gasteiger charge is 2.14. The Bertz CT molecular complexity index is 1280. The first kappa shape index (κ1) is 20.1. The van der Waals surface area contributed by atoms with Crippen molar-refractivity contribution in [2.24, 2.45) is 0 Å². The van der Waals surface area contributed by atoms with E-state index >= 15 is 0 Å². The van der Waals surface area contributed by atoms with Crippen molar-refractivity contribution in [2.75, 3.05) is 12.3 Å². The summed E-state index contributed by atoms with van der Waals surface area (Å²) < 4.78 is 32.4. The van der Waals surface area contributed by atoms with E-state index in [9.17, 15) is 13.2 Å². The number of carbonyl (C=O) groups is 1. The molecule has 0 saturated carbocycles. The van der Waals surface area contributed by atoms with Gasteiger partial charge in [0.15, 0.2) is 0 Å². The zero-order valence-electron chi connectivity index (χ0n) is 16.3. The van der Waals surface area contributed by atoms with Crippen molar-refractivity contribution in [3.05, 3.63) is 84.1 Å². The van der Waals surface area contributed by atoms with Gasteiger partial charge in [0, 0.05) is 24.0 Å². The minimum atomic E-state index is -3.48. The smallest absolute Gasteiger partial charge is 0.224 e. The first-order valence-electron chi connectivity index (χ1n) is 9.68. The van der Waals surface area contributed by atoms with Crippen molar-refractivity contribution in [3.8, 4) is 0 Å². The van der Waals surface area contributed by atoms with Gasteiger partial charge in [-0.1, -0.05) is 60.7 Å². The summed E-state index contributed by atoms with van der Waals surface area (Å²) in [6.45, 7) is 0.269. The molecule has 2 N–H and O–H groups in total. The Morgan fingerprint density at radius 1 is 0.933 bits per heavy atom. The standard InChI is InChI=1S/C23H22N2O4S/c26-22(24-12-13-30(27,28)25-15-17-6-2-1-3-7-17)14-19-16-29-21-11-10-18-8-4-5-9-20(18)23(19)21/h1-11,16,25H,12-15H2,(H,24,26). The summed E-state index contributed by atoms with van der Waals surface area (Å²) in [5, 5.41) is 5.71. The average Bonchev–Trinajstić information content (AvgIpc) is 3.16. The topological polar surface area (TPSA) is 88.4 Å². The molecule has 6 nitrogen and oxygen atoms in total. The fourth-order valence-electron chi connectivity index (χ4n) is 3.43. The van der Waals surface area contributed by atoms with Gasteiger partial charge in [0.25, 0.3) is 0 Å². The lowest BCUT2D eigenvalue weighted by Crippen LogP contribution is -2.34. The Balaban J connectivity index is 1.34. The molecule has 0 radical (unpaired) electrons. The van der Waals surface area contributed by atoms with E-state index in [0.717, 1.165) is 32.9 Å². The first-order valence-corrected chi connectivity index (χ1v) is 11.3. The van der Waals surface area contributed by atoms with E-state index in [1.807, 2.05) is 66.7 Å². The number of nitrogens with one attached hydrogen (secondary N) is 2. The molecule has 0 unspecified atom stereocenters. The molecule has 0 atom stereocenters. The van der Waals surface area contributed by atoms with Gasteiger partial charge in [0.2, 0.25) is 15.9 Å². The fourth-order valence-corrected chi connectivity index (χ4v) is 4.33. The van der Waals surface area contributed by atoms with Crippen LogP contribution in [0.5, 0.6) is 0 Å². The van der Waals surface area contributed by atoms with Crippen LogP contribution in [0.3, 0.4) is 0 Å². The van der Waals surface area contributed by atoms with Crippen molar-refractivity contribution in [1.82, 2.24) is 10.0 Å². The molecule has 7 heteroatoms. The third kappa shape index (κ3) is 4.69. The summed E-state index contributed by atoms with van der Waals surface area (Å²) in [5.41, 5.74) is 2.39. The van der Waals surface area contributed by atoms with Gasteiger partial charge >= 0.3 is 0 Å². The second kappa shape index (κ2) is 8.69. The molecule has 0 fully saturated rings. The summed E-state index contributed by atoms with van der Waals surface area (Å²) >= 11 is 0. The summed E-state index contributed by atoms with van der Waals surface area (Å²) in [4.78, 5) is 12.4. The molecule has 1 amide bonds. The van der Waals surface area contributed by atoms with Crippen molar-refractivity contribution in [3.63, 3.8) is 0 Å². The predicted octanol–water partition coefficient (Wildman–Crippen LogP) is 3.36. The molecule has 4 rings (SSSR count). The second-order valence-electron chi connectivity index (χ2n) is 7.07. The highest BCUT2D eigenvalue weighted by molar-refractivity contribution is 7.89. The van der Waals surface area contributed by atoms with E-state index in [4.69, 9.17) is 4.42 Å². The number of rotatable bonds is 8. The van der Waals surface area contributed by atoms with Crippen LogP contribution in [0.15, 0.2) is 77.4 Å². The third-order valence-electron chi connectivity index (χ3n) is 4.92. The van der Waals surface area contributed by atoms with Gasteiger partial charge in [-0.05, 0) is 22.4 Å². The van der Waals surface area contributed by atoms with Crippen LogP contribution in [-0.2, 0) is 27.8 Å². The van der Waals surface area contributed by atoms with Gasteiger partial charge in [0.1, 0.15) is 5.58 Å². The molecule has 0 aliphatic heterocycles. The molecule has 0 bridgehead atoms.